The number of nitrogens with zero attached hydrogens (tertiary/aromatic N) is 2. The number of amides is 1. The molecule has 7 nitrogen and oxygen atoms in total. The average Bonchev–Trinajstić information content (AvgIpc) is 2.87. The molecule has 1 aromatic carbocycles. The lowest BCUT2D eigenvalue weighted by Gasteiger charge is -2.13. The monoisotopic (exact) mass is 359 g/mol. The van der Waals surface area contributed by atoms with Gasteiger partial charge in [-0.05, 0) is 57.0 Å². The van der Waals surface area contributed by atoms with E-state index in [4.69, 9.17) is 9.84 Å². The van der Waals surface area contributed by atoms with Crippen molar-refractivity contribution in [2.75, 3.05) is 13.7 Å². The van der Waals surface area contributed by atoms with E-state index in [0.29, 0.717) is 18.6 Å². The van der Waals surface area contributed by atoms with Crippen molar-refractivity contribution in [3.8, 4) is 5.69 Å². The molecule has 2 aromatic rings. The molecule has 0 radical (unpaired) electrons. The highest BCUT2D eigenvalue weighted by molar-refractivity contribution is 5.94. The van der Waals surface area contributed by atoms with Crippen LogP contribution in [0.2, 0.25) is 0 Å². The second-order valence-electron chi connectivity index (χ2n) is 6.33. The molecule has 140 valence electrons. The molecule has 0 aliphatic carbocycles. The summed E-state index contributed by atoms with van der Waals surface area (Å²) in [6.07, 6.45) is 0.525. The standard InChI is InChI=1S/C19H25N3O4/c1-12(11-26-4)20-19(25)15-5-7-16(8-6-15)22-14(3)17(13(2)21-22)9-10-18(23)24/h5-8,12H,9-11H2,1-4H3,(H,20,25)(H,23,24)/t12-/m1/s1. The lowest BCUT2D eigenvalue weighted by molar-refractivity contribution is -0.136. The highest BCUT2D eigenvalue weighted by Gasteiger charge is 2.15. The Morgan fingerprint density at radius 2 is 1.92 bits per heavy atom. The van der Waals surface area contributed by atoms with Gasteiger partial charge in [0.25, 0.3) is 5.91 Å². The van der Waals surface area contributed by atoms with E-state index in [9.17, 15) is 9.59 Å². The summed E-state index contributed by atoms with van der Waals surface area (Å²) in [7, 11) is 1.59. The molecule has 0 fully saturated rings. The van der Waals surface area contributed by atoms with E-state index < -0.39 is 5.97 Å². The third kappa shape index (κ3) is 4.70. The van der Waals surface area contributed by atoms with Gasteiger partial charge >= 0.3 is 5.97 Å². The number of aromatic nitrogens is 2. The van der Waals surface area contributed by atoms with Crippen molar-refractivity contribution in [1.82, 2.24) is 15.1 Å². The third-order valence-corrected chi connectivity index (χ3v) is 4.20. The summed E-state index contributed by atoms with van der Waals surface area (Å²) in [5, 5.41) is 16.3. The summed E-state index contributed by atoms with van der Waals surface area (Å²) in [6.45, 7) is 6.13. The largest absolute Gasteiger partial charge is 0.481 e. The molecule has 2 rings (SSSR count). The number of carbonyl (C=O) groups excluding carboxylic acids is 1. The van der Waals surface area contributed by atoms with Gasteiger partial charge in [0.1, 0.15) is 0 Å². The fourth-order valence-corrected chi connectivity index (χ4v) is 2.87. The average molecular weight is 359 g/mol. The number of carbonyl (C=O) groups is 2. The molecule has 0 bridgehead atoms. The molecule has 0 unspecified atom stereocenters. The van der Waals surface area contributed by atoms with E-state index in [-0.39, 0.29) is 18.4 Å². The van der Waals surface area contributed by atoms with Crippen LogP contribution in [0.3, 0.4) is 0 Å². The highest BCUT2D eigenvalue weighted by Crippen LogP contribution is 2.20. The molecule has 0 aliphatic rings. The molecule has 2 N–H and O–H groups in total. The van der Waals surface area contributed by atoms with Gasteiger partial charge in [0, 0.05) is 30.8 Å². The van der Waals surface area contributed by atoms with E-state index in [2.05, 4.69) is 10.4 Å². The number of carboxylic acid groups (broad SMARTS) is 1. The van der Waals surface area contributed by atoms with Gasteiger partial charge in [0.15, 0.2) is 0 Å². The van der Waals surface area contributed by atoms with Crippen LogP contribution in [-0.4, -0.2) is 46.5 Å². The molecule has 0 saturated carbocycles. The van der Waals surface area contributed by atoms with E-state index in [0.717, 1.165) is 22.6 Å². The van der Waals surface area contributed by atoms with Crippen molar-refractivity contribution in [3.63, 3.8) is 0 Å². The topological polar surface area (TPSA) is 93.5 Å². The zero-order valence-corrected chi connectivity index (χ0v) is 15.6. The first kappa shape index (κ1) is 19.7. The van der Waals surface area contributed by atoms with Crippen molar-refractivity contribution in [2.45, 2.75) is 39.7 Å². The van der Waals surface area contributed by atoms with Crippen LogP contribution < -0.4 is 5.32 Å². The van der Waals surface area contributed by atoms with Crippen LogP contribution in [0.25, 0.3) is 5.69 Å². The number of rotatable bonds is 8. The number of benzene rings is 1. The summed E-state index contributed by atoms with van der Waals surface area (Å²) in [5.74, 6) is -0.980. The summed E-state index contributed by atoms with van der Waals surface area (Å²) in [6, 6.07) is 7.09. The maximum absolute atomic E-state index is 12.2. The van der Waals surface area contributed by atoms with Crippen molar-refractivity contribution in [2.24, 2.45) is 0 Å². The molecular formula is C19H25N3O4. The Labute approximate surface area is 153 Å². The molecule has 26 heavy (non-hydrogen) atoms. The van der Waals surface area contributed by atoms with Crippen molar-refractivity contribution >= 4 is 11.9 Å². The first-order valence-corrected chi connectivity index (χ1v) is 8.50. The van der Waals surface area contributed by atoms with E-state index in [1.165, 1.54) is 0 Å². The van der Waals surface area contributed by atoms with Gasteiger partial charge in [0.05, 0.1) is 18.0 Å². The van der Waals surface area contributed by atoms with Crippen molar-refractivity contribution in [1.29, 1.82) is 0 Å². The number of ether oxygens (including phenoxy) is 1. The molecule has 1 atom stereocenters. The predicted molar refractivity (Wildman–Crippen MR) is 97.8 cm³/mol. The SMILES string of the molecule is COC[C@@H](C)NC(=O)c1ccc(-n2nc(C)c(CCC(=O)O)c2C)cc1. The number of aryl methyl sites for hydroxylation is 1. The highest BCUT2D eigenvalue weighted by atomic mass is 16.5. The number of carboxylic acids is 1. The maximum atomic E-state index is 12.2. The quantitative estimate of drug-likeness (QED) is 0.754. The van der Waals surface area contributed by atoms with Crippen LogP contribution >= 0.6 is 0 Å². The van der Waals surface area contributed by atoms with Crippen LogP contribution in [0.15, 0.2) is 24.3 Å². The zero-order valence-electron chi connectivity index (χ0n) is 15.6. The number of hydrogen-bond acceptors (Lipinski definition) is 4. The van der Waals surface area contributed by atoms with E-state index >= 15 is 0 Å². The Hall–Kier alpha value is -2.67. The first-order chi connectivity index (χ1) is 12.3. The van der Waals surface area contributed by atoms with Gasteiger partial charge < -0.3 is 15.2 Å². The summed E-state index contributed by atoms with van der Waals surface area (Å²) >= 11 is 0. The van der Waals surface area contributed by atoms with Gasteiger partial charge in [-0.25, -0.2) is 4.68 Å². The van der Waals surface area contributed by atoms with Gasteiger partial charge in [-0.3, -0.25) is 9.59 Å². The fraction of sp³-hybridized carbons (Fsp3) is 0.421. The molecule has 0 saturated heterocycles. The smallest absolute Gasteiger partial charge is 0.303 e. The Morgan fingerprint density at radius 1 is 1.27 bits per heavy atom. The Bertz CT molecular complexity index is 781. The van der Waals surface area contributed by atoms with Crippen LogP contribution in [0.1, 0.15) is 40.7 Å². The normalized spacial score (nSPS) is 12.0. The van der Waals surface area contributed by atoms with Crippen LogP contribution in [0.4, 0.5) is 0 Å². The van der Waals surface area contributed by atoms with Gasteiger partial charge in [-0.2, -0.15) is 5.10 Å². The first-order valence-electron chi connectivity index (χ1n) is 8.50. The minimum Gasteiger partial charge on any atom is -0.481 e. The van der Waals surface area contributed by atoms with Crippen LogP contribution in [0, 0.1) is 13.8 Å². The van der Waals surface area contributed by atoms with Crippen molar-refractivity contribution in [3.05, 3.63) is 46.8 Å². The summed E-state index contributed by atoms with van der Waals surface area (Å²) in [5.41, 5.74) is 4.06. The van der Waals surface area contributed by atoms with E-state index in [1.54, 1.807) is 23.9 Å². The minimum absolute atomic E-state index is 0.0695. The molecule has 7 heteroatoms. The summed E-state index contributed by atoms with van der Waals surface area (Å²) < 4.78 is 6.80. The molecular weight excluding hydrogens is 334 g/mol. The molecule has 1 heterocycles. The summed E-state index contributed by atoms with van der Waals surface area (Å²) in [4.78, 5) is 23.0. The second-order valence-corrected chi connectivity index (χ2v) is 6.33. The van der Waals surface area contributed by atoms with E-state index in [1.807, 2.05) is 32.9 Å². The Kier molecular flexibility index (Phi) is 6.52. The predicted octanol–water partition coefficient (Wildman–Crippen LogP) is 2.27. The molecule has 1 amide bonds. The zero-order chi connectivity index (χ0) is 19.3. The molecule has 0 aliphatic heterocycles. The van der Waals surface area contributed by atoms with Gasteiger partial charge in [0.2, 0.25) is 0 Å². The Morgan fingerprint density at radius 3 is 2.50 bits per heavy atom. The minimum atomic E-state index is -0.824. The number of methoxy groups -OCH3 is 1. The molecule has 1 aromatic heterocycles. The fourth-order valence-electron chi connectivity index (χ4n) is 2.87. The number of nitrogens with one attached hydrogen (secondary N) is 1. The lowest BCUT2D eigenvalue weighted by Crippen LogP contribution is -2.35. The maximum Gasteiger partial charge on any atom is 0.303 e. The number of hydrogen-bond donors (Lipinski definition) is 2. The second kappa shape index (κ2) is 8.62. The molecule has 0 spiro atoms. The van der Waals surface area contributed by atoms with Crippen LogP contribution in [0.5, 0.6) is 0 Å². The lowest BCUT2D eigenvalue weighted by atomic mass is 10.1. The Balaban J connectivity index is 2.17. The van der Waals surface area contributed by atoms with Crippen LogP contribution in [-0.2, 0) is 16.0 Å². The van der Waals surface area contributed by atoms with Gasteiger partial charge in [-0.1, -0.05) is 0 Å². The third-order valence-electron chi connectivity index (χ3n) is 4.20. The van der Waals surface area contributed by atoms with Crippen molar-refractivity contribution < 1.29 is 19.4 Å². The van der Waals surface area contributed by atoms with Gasteiger partial charge in [-0.15, -0.1) is 0 Å². The number of aliphatic carboxylic acids is 1.